The lowest BCUT2D eigenvalue weighted by molar-refractivity contribution is -0.135. The SMILES string of the molecule is CN(C(=O)c1ccc(Cl)cc1)[C@@H]1CCN(C(=O)[C@@H]2CCCCN2)C[C@H]1c1ccc(Cl)c(Cl)c1. The fourth-order valence-electron chi connectivity index (χ4n) is 4.90. The van der Waals surface area contributed by atoms with Crippen molar-refractivity contribution in [3.8, 4) is 0 Å². The molecule has 8 heteroatoms. The Kier molecular flexibility index (Phi) is 7.85. The Morgan fingerprint density at radius 2 is 1.76 bits per heavy atom. The number of hydrogen-bond donors (Lipinski definition) is 1. The van der Waals surface area contributed by atoms with Crippen LogP contribution in [0.5, 0.6) is 0 Å². The number of piperidine rings is 2. The predicted octanol–water partition coefficient (Wildman–Crippen LogP) is 5.25. The van der Waals surface area contributed by atoms with Crippen molar-refractivity contribution in [3.63, 3.8) is 0 Å². The van der Waals surface area contributed by atoms with Crippen molar-refractivity contribution < 1.29 is 9.59 Å². The number of nitrogens with zero attached hydrogens (tertiary/aromatic N) is 2. The zero-order chi connectivity index (χ0) is 23.5. The Labute approximate surface area is 210 Å². The van der Waals surface area contributed by atoms with Gasteiger partial charge in [-0.3, -0.25) is 9.59 Å². The Hall–Kier alpha value is -1.79. The zero-order valence-electron chi connectivity index (χ0n) is 18.6. The van der Waals surface area contributed by atoms with Gasteiger partial charge in [0.15, 0.2) is 0 Å². The summed E-state index contributed by atoms with van der Waals surface area (Å²) in [4.78, 5) is 30.2. The number of carbonyl (C=O) groups is 2. The molecule has 5 nitrogen and oxygen atoms in total. The lowest BCUT2D eigenvalue weighted by Crippen LogP contribution is -2.56. The summed E-state index contributed by atoms with van der Waals surface area (Å²) in [5.41, 5.74) is 1.55. The molecule has 3 atom stereocenters. The summed E-state index contributed by atoms with van der Waals surface area (Å²) in [5.74, 6) is -0.0114. The van der Waals surface area contributed by atoms with Crippen molar-refractivity contribution in [1.82, 2.24) is 15.1 Å². The lowest BCUT2D eigenvalue weighted by atomic mass is 9.84. The van der Waals surface area contributed by atoms with Crippen molar-refractivity contribution in [1.29, 1.82) is 0 Å². The molecule has 2 aliphatic heterocycles. The Morgan fingerprint density at radius 3 is 2.42 bits per heavy atom. The van der Waals surface area contributed by atoms with Gasteiger partial charge in [0, 0.05) is 42.7 Å². The van der Waals surface area contributed by atoms with E-state index in [1.165, 1.54) is 0 Å². The van der Waals surface area contributed by atoms with Crippen LogP contribution < -0.4 is 5.32 Å². The molecule has 0 saturated carbocycles. The second-order valence-corrected chi connectivity index (χ2v) is 10.1. The van der Waals surface area contributed by atoms with Gasteiger partial charge >= 0.3 is 0 Å². The molecule has 0 bridgehead atoms. The molecule has 1 N–H and O–H groups in total. The average molecular weight is 509 g/mol. The summed E-state index contributed by atoms with van der Waals surface area (Å²) in [6.07, 6.45) is 3.72. The first-order chi connectivity index (χ1) is 15.8. The van der Waals surface area contributed by atoms with Crippen LogP contribution in [0.4, 0.5) is 0 Å². The van der Waals surface area contributed by atoms with Gasteiger partial charge in [0.1, 0.15) is 0 Å². The molecule has 2 fully saturated rings. The summed E-state index contributed by atoms with van der Waals surface area (Å²) < 4.78 is 0. The van der Waals surface area contributed by atoms with E-state index < -0.39 is 0 Å². The third-order valence-electron chi connectivity index (χ3n) is 6.78. The minimum Gasteiger partial charge on any atom is -0.341 e. The maximum atomic E-state index is 13.3. The van der Waals surface area contributed by atoms with Gasteiger partial charge in [-0.05, 0) is 67.8 Å². The summed E-state index contributed by atoms with van der Waals surface area (Å²) >= 11 is 18.5. The van der Waals surface area contributed by atoms with Crippen molar-refractivity contribution in [2.24, 2.45) is 0 Å². The summed E-state index contributed by atoms with van der Waals surface area (Å²) in [5, 5.41) is 4.90. The van der Waals surface area contributed by atoms with Crippen LogP contribution in [0.15, 0.2) is 42.5 Å². The number of amides is 2. The molecule has 33 heavy (non-hydrogen) atoms. The average Bonchev–Trinajstić information content (AvgIpc) is 2.85. The lowest BCUT2D eigenvalue weighted by Gasteiger charge is -2.44. The number of hydrogen-bond acceptors (Lipinski definition) is 3. The van der Waals surface area contributed by atoms with Gasteiger partial charge in [0.2, 0.25) is 5.91 Å². The second kappa shape index (κ2) is 10.6. The van der Waals surface area contributed by atoms with Crippen LogP contribution in [-0.2, 0) is 4.79 Å². The van der Waals surface area contributed by atoms with Crippen LogP contribution in [-0.4, -0.2) is 60.4 Å². The smallest absolute Gasteiger partial charge is 0.253 e. The topological polar surface area (TPSA) is 52.7 Å². The Bertz CT molecular complexity index is 1010. The van der Waals surface area contributed by atoms with Crippen molar-refractivity contribution in [2.45, 2.75) is 43.7 Å². The number of nitrogens with one attached hydrogen (secondary N) is 1. The van der Waals surface area contributed by atoms with E-state index in [4.69, 9.17) is 34.8 Å². The molecule has 2 aromatic carbocycles. The first-order valence-electron chi connectivity index (χ1n) is 11.3. The second-order valence-electron chi connectivity index (χ2n) is 8.85. The van der Waals surface area contributed by atoms with Crippen LogP contribution in [0.3, 0.4) is 0 Å². The molecular formula is C25H28Cl3N3O2. The van der Waals surface area contributed by atoms with Crippen molar-refractivity contribution in [2.75, 3.05) is 26.7 Å². The number of likely N-dealkylation sites (tertiary alicyclic amines) is 1. The van der Waals surface area contributed by atoms with Gasteiger partial charge in [0.05, 0.1) is 16.1 Å². The molecule has 2 saturated heterocycles. The minimum atomic E-state index is -0.127. The van der Waals surface area contributed by atoms with E-state index in [9.17, 15) is 9.59 Å². The molecular weight excluding hydrogens is 481 g/mol. The fourth-order valence-corrected chi connectivity index (χ4v) is 5.34. The van der Waals surface area contributed by atoms with Gasteiger partial charge in [-0.1, -0.05) is 47.3 Å². The van der Waals surface area contributed by atoms with E-state index in [2.05, 4.69) is 5.32 Å². The highest BCUT2D eigenvalue weighted by molar-refractivity contribution is 6.42. The monoisotopic (exact) mass is 507 g/mol. The molecule has 0 aliphatic carbocycles. The number of benzene rings is 2. The van der Waals surface area contributed by atoms with Crippen LogP contribution >= 0.6 is 34.8 Å². The van der Waals surface area contributed by atoms with E-state index >= 15 is 0 Å². The van der Waals surface area contributed by atoms with E-state index in [0.717, 1.165) is 31.4 Å². The standard InChI is InChI=1S/C25H28Cl3N3O2/c1-30(24(32)16-5-8-18(26)9-6-16)23-11-13-31(25(33)22-4-2-3-12-29-22)15-19(23)17-7-10-20(27)21(28)14-17/h5-10,14,19,22-23,29H,2-4,11-13,15H2,1H3/t19-,22-,23+/m0/s1. The van der Waals surface area contributed by atoms with Crippen LogP contribution in [0.25, 0.3) is 0 Å². The van der Waals surface area contributed by atoms with Gasteiger partial charge in [-0.2, -0.15) is 0 Å². The number of rotatable bonds is 4. The maximum Gasteiger partial charge on any atom is 0.253 e. The van der Waals surface area contributed by atoms with E-state index in [1.807, 2.05) is 24.1 Å². The summed E-state index contributed by atoms with van der Waals surface area (Å²) in [6.45, 7) is 2.01. The van der Waals surface area contributed by atoms with Crippen molar-refractivity contribution >= 4 is 46.6 Å². The molecule has 176 valence electrons. The van der Waals surface area contributed by atoms with Crippen LogP contribution in [0.2, 0.25) is 15.1 Å². The fraction of sp³-hybridized carbons (Fsp3) is 0.440. The molecule has 0 aromatic heterocycles. The minimum absolute atomic E-state index is 0.0737. The molecule has 2 heterocycles. The number of halogens is 3. The van der Waals surface area contributed by atoms with E-state index in [0.29, 0.717) is 40.1 Å². The van der Waals surface area contributed by atoms with Crippen LogP contribution in [0, 0.1) is 0 Å². The highest BCUT2D eigenvalue weighted by atomic mass is 35.5. The normalized spacial score (nSPS) is 23.3. The van der Waals surface area contributed by atoms with E-state index in [1.54, 1.807) is 35.2 Å². The Balaban J connectivity index is 1.59. The summed E-state index contributed by atoms with van der Waals surface area (Å²) in [7, 11) is 1.83. The Morgan fingerprint density at radius 1 is 1.00 bits per heavy atom. The first-order valence-corrected chi connectivity index (χ1v) is 12.5. The van der Waals surface area contributed by atoms with Gasteiger partial charge in [-0.25, -0.2) is 0 Å². The molecule has 4 rings (SSSR count). The highest BCUT2D eigenvalue weighted by Gasteiger charge is 2.38. The van der Waals surface area contributed by atoms with Crippen molar-refractivity contribution in [3.05, 3.63) is 68.7 Å². The quantitative estimate of drug-likeness (QED) is 0.614. The first kappa shape index (κ1) is 24.3. The van der Waals surface area contributed by atoms with Gasteiger partial charge in [0.25, 0.3) is 5.91 Å². The van der Waals surface area contributed by atoms with Gasteiger partial charge in [-0.15, -0.1) is 0 Å². The zero-order valence-corrected chi connectivity index (χ0v) is 20.8. The van der Waals surface area contributed by atoms with Gasteiger partial charge < -0.3 is 15.1 Å². The molecule has 0 spiro atoms. The highest BCUT2D eigenvalue weighted by Crippen LogP contribution is 2.35. The molecule has 2 aliphatic rings. The molecule has 0 unspecified atom stereocenters. The van der Waals surface area contributed by atoms with E-state index in [-0.39, 0.29) is 29.8 Å². The maximum absolute atomic E-state index is 13.3. The molecule has 0 radical (unpaired) electrons. The molecule has 2 aromatic rings. The van der Waals surface area contributed by atoms with Crippen LogP contribution in [0.1, 0.15) is 47.5 Å². The molecule has 2 amide bonds. The largest absolute Gasteiger partial charge is 0.341 e. The number of likely N-dealkylation sites (N-methyl/N-ethyl adjacent to an activating group) is 1. The summed E-state index contributed by atoms with van der Waals surface area (Å²) in [6, 6.07) is 12.3. The third-order valence-corrected chi connectivity index (χ3v) is 7.77. The third kappa shape index (κ3) is 5.48. The predicted molar refractivity (Wildman–Crippen MR) is 133 cm³/mol. The number of carbonyl (C=O) groups excluding carboxylic acids is 2.